The SMILES string of the molecule is NCCCCCCOP(=O)(O)OC(=O)[C@H](CCC(=O)O)NC(=O)[C@H](CCC(=O)O)NC(=O)[C@H](CCC(=O)O)NC(=O)[C@@H](N)CCC(=O)O. The standard InChI is InChI=1S/C26H44N5O16P/c27-13-3-1-2-4-14-46-48(44,45)47-26(43)18(8-12-22(38)39)31-25(42)17(7-11-21(36)37)30-24(41)16(6-10-20(34)35)29-23(40)15(28)5-9-19(32)33/h15-18H,1-14,27-28H2,(H,29,40)(H,30,41)(H,31,42)(H,32,33)(H,34,35)(H,36,37)(H,38,39)(H,44,45)/t15-,16-,17-,18-/m0/s1. The fourth-order valence-electron chi connectivity index (χ4n) is 3.81. The van der Waals surface area contributed by atoms with E-state index in [9.17, 15) is 47.8 Å². The van der Waals surface area contributed by atoms with Crippen LogP contribution in [0.15, 0.2) is 0 Å². The average molecular weight is 714 g/mol. The highest BCUT2D eigenvalue weighted by atomic mass is 31.2. The van der Waals surface area contributed by atoms with Crippen molar-refractivity contribution in [2.45, 2.75) is 101 Å². The number of amides is 3. The van der Waals surface area contributed by atoms with Crippen molar-refractivity contribution in [3.8, 4) is 0 Å². The van der Waals surface area contributed by atoms with Crippen LogP contribution in [0.25, 0.3) is 0 Å². The van der Waals surface area contributed by atoms with Crippen LogP contribution in [0.1, 0.15) is 77.0 Å². The lowest BCUT2D eigenvalue weighted by Crippen LogP contribution is -2.57. The summed E-state index contributed by atoms with van der Waals surface area (Å²) in [6.07, 6.45) is -2.53. The summed E-state index contributed by atoms with van der Waals surface area (Å²) < 4.78 is 21.5. The number of nitrogens with one attached hydrogen (secondary N) is 3. The van der Waals surface area contributed by atoms with Gasteiger partial charge in [0.15, 0.2) is 0 Å². The smallest absolute Gasteiger partial charge is 0.481 e. The lowest BCUT2D eigenvalue weighted by molar-refractivity contribution is -0.143. The fourth-order valence-corrected chi connectivity index (χ4v) is 4.57. The predicted octanol–water partition coefficient (Wildman–Crippen LogP) is -1.59. The first-order valence-corrected chi connectivity index (χ1v) is 16.3. The highest BCUT2D eigenvalue weighted by Crippen LogP contribution is 2.44. The third kappa shape index (κ3) is 20.9. The van der Waals surface area contributed by atoms with Gasteiger partial charge in [0, 0.05) is 25.7 Å². The number of phosphoric acid groups is 1. The quantitative estimate of drug-likeness (QED) is 0.0338. The van der Waals surface area contributed by atoms with Gasteiger partial charge in [0.1, 0.15) is 18.1 Å². The van der Waals surface area contributed by atoms with Crippen molar-refractivity contribution in [1.82, 2.24) is 16.0 Å². The molecular weight excluding hydrogens is 669 g/mol. The van der Waals surface area contributed by atoms with Crippen molar-refractivity contribution in [2.24, 2.45) is 11.5 Å². The van der Waals surface area contributed by atoms with Crippen LogP contribution in [0, 0.1) is 0 Å². The maximum atomic E-state index is 13.2. The Hall–Kier alpha value is -4.17. The van der Waals surface area contributed by atoms with E-state index >= 15 is 0 Å². The summed E-state index contributed by atoms with van der Waals surface area (Å²) in [6, 6.07) is -6.77. The number of carboxylic acids is 4. The Labute approximate surface area is 274 Å². The molecule has 21 nitrogen and oxygen atoms in total. The van der Waals surface area contributed by atoms with Crippen molar-refractivity contribution < 1.29 is 77.3 Å². The summed E-state index contributed by atoms with van der Waals surface area (Å²) in [5.41, 5.74) is 11.0. The maximum Gasteiger partial charge on any atom is 0.529 e. The molecule has 0 aromatic rings. The van der Waals surface area contributed by atoms with Gasteiger partial charge < -0.3 is 52.4 Å². The Morgan fingerprint density at radius 1 is 0.604 bits per heavy atom. The fraction of sp³-hybridized carbons (Fsp3) is 0.692. The van der Waals surface area contributed by atoms with Gasteiger partial charge in [-0.25, -0.2) is 9.36 Å². The zero-order valence-electron chi connectivity index (χ0n) is 26.0. The number of hydrogen-bond donors (Lipinski definition) is 10. The van der Waals surface area contributed by atoms with Crippen LogP contribution in [-0.2, 0) is 52.0 Å². The number of carbonyl (C=O) groups excluding carboxylic acids is 4. The third-order valence-corrected chi connectivity index (χ3v) is 7.29. The molecule has 22 heteroatoms. The van der Waals surface area contributed by atoms with Gasteiger partial charge in [0.25, 0.3) is 0 Å². The number of rotatable bonds is 27. The molecule has 0 saturated carbocycles. The first-order chi connectivity index (χ1) is 22.4. The topological polar surface area (TPSA) is 361 Å². The molecule has 274 valence electrons. The number of carboxylic acid groups (broad SMARTS) is 4. The first-order valence-electron chi connectivity index (χ1n) is 14.8. The number of carbonyl (C=O) groups is 8. The van der Waals surface area contributed by atoms with Gasteiger partial charge in [0.05, 0.1) is 12.6 Å². The van der Waals surface area contributed by atoms with E-state index < -0.39 is 125 Å². The van der Waals surface area contributed by atoms with Gasteiger partial charge in [-0.2, -0.15) is 0 Å². The first kappa shape index (κ1) is 43.8. The minimum Gasteiger partial charge on any atom is -0.481 e. The van der Waals surface area contributed by atoms with E-state index in [1.54, 1.807) is 0 Å². The predicted molar refractivity (Wildman–Crippen MR) is 161 cm³/mol. The Balaban J connectivity index is 5.89. The van der Waals surface area contributed by atoms with Crippen molar-refractivity contribution in [2.75, 3.05) is 13.2 Å². The number of nitrogens with two attached hydrogens (primary N) is 2. The number of aliphatic carboxylic acids is 4. The lowest BCUT2D eigenvalue weighted by Gasteiger charge is -2.25. The number of unbranched alkanes of at least 4 members (excludes halogenated alkanes) is 3. The van der Waals surface area contributed by atoms with Crippen LogP contribution in [0.5, 0.6) is 0 Å². The zero-order chi connectivity index (χ0) is 36.9. The summed E-state index contributed by atoms with van der Waals surface area (Å²) in [4.78, 5) is 106. The van der Waals surface area contributed by atoms with Crippen LogP contribution < -0.4 is 27.4 Å². The van der Waals surface area contributed by atoms with Crippen LogP contribution in [0.2, 0.25) is 0 Å². The van der Waals surface area contributed by atoms with E-state index in [4.69, 9.17) is 36.4 Å². The van der Waals surface area contributed by atoms with Gasteiger partial charge in [-0.05, 0) is 45.1 Å². The van der Waals surface area contributed by atoms with Crippen LogP contribution in [-0.4, -0.2) is 110 Å². The lowest BCUT2D eigenvalue weighted by atomic mass is 10.1. The summed E-state index contributed by atoms with van der Waals surface area (Å²) in [6.45, 7) is 0.166. The second-order valence-corrected chi connectivity index (χ2v) is 11.8. The molecule has 48 heavy (non-hydrogen) atoms. The van der Waals surface area contributed by atoms with E-state index in [1.165, 1.54) is 0 Å². The molecule has 0 saturated heterocycles. The number of hydrogen-bond acceptors (Lipinski definition) is 13. The summed E-state index contributed by atoms with van der Waals surface area (Å²) in [7, 11) is -5.03. The summed E-state index contributed by atoms with van der Waals surface area (Å²) in [5, 5.41) is 42.4. The van der Waals surface area contributed by atoms with Crippen LogP contribution in [0.4, 0.5) is 0 Å². The van der Waals surface area contributed by atoms with Crippen molar-refractivity contribution in [3.63, 3.8) is 0 Å². The normalized spacial score (nSPS) is 14.6. The van der Waals surface area contributed by atoms with E-state index in [1.807, 2.05) is 5.32 Å². The van der Waals surface area contributed by atoms with Crippen molar-refractivity contribution in [1.29, 1.82) is 0 Å². The Bertz CT molecular complexity index is 1180. The highest BCUT2D eigenvalue weighted by Gasteiger charge is 2.35. The Morgan fingerprint density at radius 2 is 1.00 bits per heavy atom. The molecule has 0 aliphatic carbocycles. The van der Waals surface area contributed by atoms with Gasteiger partial charge in [-0.1, -0.05) is 12.8 Å². The molecule has 1 unspecified atom stereocenters. The second-order valence-electron chi connectivity index (χ2n) is 10.4. The minimum absolute atomic E-state index is 0.287. The van der Waals surface area contributed by atoms with Crippen molar-refractivity contribution in [3.05, 3.63) is 0 Å². The third-order valence-electron chi connectivity index (χ3n) is 6.37. The van der Waals surface area contributed by atoms with Crippen LogP contribution in [0.3, 0.4) is 0 Å². The molecule has 0 aromatic carbocycles. The molecule has 0 aromatic heterocycles. The number of phosphoric ester groups is 1. The minimum atomic E-state index is -5.03. The molecule has 12 N–H and O–H groups in total. The molecular formula is C26H44N5O16P. The van der Waals surface area contributed by atoms with Crippen molar-refractivity contribution >= 4 is 55.4 Å². The highest BCUT2D eigenvalue weighted by molar-refractivity contribution is 7.48. The van der Waals surface area contributed by atoms with E-state index in [2.05, 4.69) is 15.2 Å². The van der Waals surface area contributed by atoms with Gasteiger partial charge in [-0.3, -0.25) is 43.0 Å². The molecule has 3 amide bonds. The molecule has 5 atom stereocenters. The molecule has 0 aliphatic heterocycles. The molecule has 0 aliphatic rings. The molecule has 0 fully saturated rings. The summed E-state index contributed by atoms with van der Waals surface area (Å²) >= 11 is 0. The van der Waals surface area contributed by atoms with Gasteiger partial charge in [-0.15, -0.1) is 0 Å². The monoisotopic (exact) mass is 713 g/mol. The molecule has 0 bridgehead atoms. The molecule has 0 radical (unpaired) electrons. The maximum absolute atomic E-state index is 13.2. The largest absolute Gasteiger partial charge is 0.529 e. The molecule has 0 heterocycles. The van der Waals surface area contributed by atoms with Gasteiger partial charge in [0.2, 0.25) is 17.7 Å². The molecule has 0 spiro atoms. The van der Waals surface area contributed by atoms with E-state index in [0.29, 0.717) is 32.2 Å². The Morgan fingerprint density at radius 3 is 1.46 bits per heavy atom. The Kier molecular flexibility index (Phi) is 21.2. The summed E-state index contributed by atoms with van der Waals surface area (Å²) in [5.74, 6) is -10.6. The average Bonchev–Trinajstić information content (AvgIpc) is 2.98. The second kappa shape index (κ2) is 23.2. The van der Waals surface area contributed by atoms with Gasteiger partial charge >= 0.3 is 37.7 Å². The zero-order valence-corrected chi connectivity index (χ0v) is 26.9. The van der Waals surface area contributed by atoms with E-state index in [0.717, 1.165) is 0 Å². The van der Waals surface area contributed by atoms with E-state index in [-0.39, 0.29) is 13.0 Å². The van der Waals surface area contributed by atoms with Crippen LogP contribution >= 0.6 is 7.82 Å². The molecule has 0 rings (SSSR count).